The molecule has 1 aromatic heterocycles. The first kappa shape index (κ1) is 15.8. The number of halogens is 1. The Kier molecular flexibility index (Phi) is 5.06. The maximum absolute atomic E-state index is 12.3. The van der Waals surface area contributed by atoms with Crippen molar-refractivity contribution in [2.24, 2.45) is 0 Å². The Balaban J connectivity index is 1.77. The highest BCUT2D eigenvalue weighted by atomic mass is 35.5. The van der Waals surface area contributed by atoms with Gasteiger partial charge in [-0.1, -0.05) is 47.7 Å². The number of thiocarbonyl (C=S) groups is 1. The van der Waals surface area contributed by atoms with Crippen LogP contribution in [0.4, 0.5) is 0 Å². The Morgan fingerprint density at radius 3 is 2.77 bits per heavy atom. The number of hydrogen-bond donors (Lipinski definition) is 0. The number of likely N-dealkylation sites (tertiary alicyclic amines) is 1. The molecule has 2 aromatic rings. The summed E-state index contributed by atoms with van der Waals surface area (Å²) in [4.78, 5) is 14.5. The van der Waals surface area contributed by atoms with Crippen molar-refractivity contribution in [2.75, 3.05) is 13.1 Å². The van der Waals surface area contributed by atoms with E-state index >= 15 is 0 Å². The number of hydrogen-bond acceptors (Lipinski definition) is 4. The lowest BCUT2D eigenvalue weighted by Gasteiger charge is -2.28. The van der Waals surface area contributed by atoms with Crippen LogP contribution in [0.3, 0.4) is 0 Å². The Morgan fingerprint density at radius 1 is 1.27 bits per heavy atom. The minimum Gasteiger partial charge on any atom is -0.458 e. The van der Waals surface area contributed by atoms with Crippen molar-refractivity contribution in [3.05, 3.63) is 45.3 Å². The fraction of sp³-hybridized carbons (Fsp3) is 0.375. The highest BCUT2D eigenvalue weighted by Crippen LogP contribution is 2.25. The van der Waals surface area contributed by atoms with Gasteiger partial charge in [0.1, 0.15) is 20.7 Å². The first-order valence-electron chi connectivity index (χ1n) is 7.29. The van der Waals surface area contributed by atoms with Crippen molar-refractivity contribution in [1.82, 2.24) is 4.90 Å². The van der Waals surface area contributed by atoms with Gasteiger partial charge in [0.15, 0.2) is 0 Å². The monoisotopic (exact) mass is 353 g/mol. The van der Waals surface area contributed by atoms with Gasteiger partial charge >= 0.3 is 0 Å². The molecule has 1 aromatic carbocycles. The molecule has 1 aliphatic rings. The number of thioether (sulfide) groups is 1. The maximum atomic E-state index is 12.3. The number of rotatable bonds is 2. The fourth-order valence-electron chi connectivity index (χ4n) is 2.55. The van der Waals surface area contributed by atoms with E-state index in [2.05, 4.69) is 4.90 Å². The van der Waals surface area contributed by atoms with Crippen LogP contribution in [0, 0.1) is 0 Å². The number of para-hydroxylation sites is 1. The Labute approximate surface area is 143 Å². The lowest BCUT2D eigenvalue weighted by molar-refractivity contribution is 0.352. The minimum absolute atomic E-state index is 0.160. The molecule has 0 atom stereocenters. The van der Waals surface area contributed by atoms with Crippen molar-refractivity contribution in [3.63, 3.8) is 0 Å². The van der Waals surface area contributed by atoms with Crippen LogP contribution in [0.5, 0.6) is 0 Å². The van der Waals surface area contributed by atoms with Gasteiger partial charge in [0.2, 0.25) is 5.43 Å². The van der Waals surface area contributed by atoms with Gasteiger partial charge in [0.25, 0.3) is 0 Å². The van der Waals surface area contributed by atoms with Gasteiger partial charge < -0.3 is 9.32 Å². The zero-order valence-corrected chi connectivity index (χ0v) is 14.4. The second kappa shape index (κ2) is 7.02. The van der Waals surface area contributed by atoms with Crippen molar-refractivity contribution in [3.8, 4) is 0 Å². The van der Waals surface area contributed by atoms with Crippen LogP contribution >= 0.6 is 35.6 Å². The molecule has 3 nitrogen and oxygen atoms in total. The molecular weight excluding hydrogens is 338 g/mol. The maximum Gasteiger partial charge on any atom is 0.211 e. The molecule has 2 heterocycles. The standard InChI is InChI=1S/C16H16ClNO2S2/c17-14-13(10-22-16(21)18-8-4-1-5-9-18)20-12-7-3-2-6-11(12)15(14)19/h2-3,6-7H,1,4-5,8-10H2. The third-order valence-electron chi connectivity index (χ3n) is 3.75. The molecule has 0 spiro atoms. The van der Waals surface area contributed by atoms with E-state index < -0.39 is 0 Å². The topological polar surface area (TPSA) is 33.5 Å². The summed E-state index contributed by atoms with van der Waals surface area (Å²) < 4.78 is 6.63. The number of benzene rings is 1. The van der Waals surface area contributed by atoms with Gasteiger partial charge in [-0.2, -0.15) is 0 Å². The van der Waals surface area contributed by atoms with Crippen LogP contribution in [0.15, 0.2) is 33.5 Å². The highest BCUT2D eigenvalue weighted by Gasteiger charge is 2.17. The normalized spacial score (nSPS) is 15.2. The van der Waals surface area contributed by atoms with E-state index in [1.165, 1.54) is 31.0 Å². The molecule has 0 saturated carbocycles. The molecule has 3 rings (SSSR count). The SMILES string of the molecule is O=c1c(Cl)c(CSC(=S)N2CCCCC2)oc2ccccc12. The van der Waals surface area contributed by atoms with Crippen LogP contribution in [0.2, 0.25) is 5.02 Å². The van der Waals surface area contributed by atoms with Gasteiger partial charge in [0.05, 0.1) is 11.1 Å². The van der Waals surface area contributed by atoms with Crippen LogP contribution in [-0.2, 0) is 5.75 Å². The summed E-state index contributed by atoms with van der Waals surface area (Å²) in [7, 11) is 0. The van der Waals surface area contributed by atoms with Gasteiger partial charge in [-0.05, 0) is 31.4 Å². The quantitative estimate of drug-likeness (QED) is 0.745. The lowest BCUT2D eigenvalue weighted by atomic mass is 10.1. The summed E-state index contributed by atoms with van der Waals surface area (Å²) in [5.41, 5.74) is 0.388. The fourth-order valence-corrected chi connectivity index (χ4v) is 4.02. The molecule has 1 aliphatic heterocycles. The zero-order chi connectivity index (χ0) is 15.5. The van der Waals surface area contributed by atoms with Crippen molar-refractivity contribution >= 4 is 50.9 Å². The predicted octanol–water partition coefficient (Wildman–Crippen LogP) is 4.45. The first-order chi connectivity index (χ1) is 10.7. The summed E-state index contributed by atoms with van der Waals surface area (Å²) in [6, 6.07) is 7.15. The summed E-state index contributed by atoms with van der Waals surface area (Å²) in [5.74, 6) is 0.976. The van der Waals surface area contributed by atoms with Crippen LogP contribution in [0.25, 0.3) is 11.0 Å². The summed E-state index contributed by atoms with van der Waals surface area (Å²) >= 11 is 13.1. The minimum atomic E-state index is -0.178. The van der Waals surface area contributed by atoms with E-state index in [4.69, 9.17) is 28.2 Å². The van der Waals surface area contributed by atoms with Crippen molar-refractivity contribution in [1.29, 1.82) is 0 Å². The van der Waals surface area contributed by atoms with Crippen LogP contribution in [0.1, 0.15) is 25.0 Å². The Hall–Kier alpha value is -1.04. The molecule has 0 amide bonds. The summed E-state index contributed by atoms with van der Waals surface area (Å²) in [5, 5.41) is 0.674. The molecule has 116 valence electrons. The van der Waals surface area contributed by atoms with E-state index in [9.17, 15) is 4.79 Å². The van der Waals surface area contributed by atoms with E-state index in [0.717, 1.165) is 17.4 Å². The molecule has 22 heavy (non-hydrogen) atoms. The molecule has 0 bridgehead atoms. The third-order valence-corrected chi connectivity index (χ3v) is 5.66. The second-order valence-corrected chi connectivity index (χ2v) is 7.25. The molecule has 0 unspecified atom stereocenters. The highest BCUT2D eigenvalue weighted by molar-refractivity contribution is 8.22. The third kappa shape index (κ3) is 3.31. The van der Waals surface area contributed by atoms with Gasteiger partial charge in [-0.25, -0.2) is 0 Å². The van der Waals surface area contributed by atoms with E-state index in [1.54, 1.807) is 18.2 Å². The molecule has 0 N–H and O–H groups in total. The summed E-state index contributed by atoms with van der Waals surface area (Å²) in [6.07, 6.45) is 3.65. The molecular formula is C16H16ClNO2S2. The number of fused-ring (bicyclic) bond motifs is 1. The smallest absolute Gasteiger partial charge is 0.211 e. The number of nitrogens with zero attached hydrogens (tertiary/aromatic N) is 1. The van der Waals surface area contributed by atoms with Gasteiger partial charge in [0, 0.05) is 13.1 Å². The van der Waals surface area contributed by atoms with Crippen LogP contribution in [-0.4, -0.2) is 22.3 Å². The first-order valence-corrected chi connectivity index (χ1v) is 9.06. The average molecular weight is 354 g/mol. The molecule has 6 heteroatoms. The average Bonchev–Trinajstić information content (AvgIpc) is 2.57. The van der Waals surface area contributed by atoms with Gasteiger partial charge in [-0.15, -0.1) is 0 Å². The Bertz CT molecular complexity index is 753. The largest absolute Gasteiger partial charge is 0.458 e. The van der Waals surface area contributed by atoms with Crippen molar-refractivity contribution < 1.29 is 4.42 Å². The molecule has 1 fully saturated rings. The zero-order valence-electron chi connectivity index (χ0n) is 12.0. The lowest BCUT2D eigenvalue weighted by Crippen LogP contribution is -2.32. The van der Waals surface area contributed by atoms with E-state index in [-0.39, 0.29) is 10.5 Å². The van der Waals surface area contributed by atoms with E-state index in [0.29, 0.717) is 22.5 Å². The predicted molar refractivity (Wildman–Crippen MR) is 96.8 cm³/mol. The van der Waals surface area contributed by atoms with Gasteiger partial charge in [-0.3, -0.25) is 4.79 Å². The van der Waals surface area contributed by atoms with Crippen molar-refractivity contribution in [2.45, 2.75) is 25.0 Å². The van der Waals surface area contributed by atoms with Crippen LogP contribution < -0.4 is 5.43 Å². The van der Waals surface area contributed by atoms with E-state index in [1.807, 2.05) is 6.07 Å². The number of piperidine rings is 1. The molecule has 0 radical (unpaired) electrons. The summed E-state index contributed by atoms with van der Waals surface area (Å²) in [6.45, 7) is 2.03. The Morgan fingerprint density at radius 2 is 2.00 bits per heavy atom. The molecule has 1 saturated heterocycles. The molecule has 0 aliphatic carbocycles. The second-order valence-electron chi connectivity index (χ2n) is 5.27.